The molecular formula is C8H12F3N3. The summed E-state index contributed by atoms with van der Waals surface area (Å²) in [6, 6.07) is -0.134. The number of hydrogen-bond acceptors (Lipinski definition) is 2. The quantitative estimate of drug-likeness (QED) is 0.799. The maximum Gasteiger partial charge on any atom is 0.412 e. The summed E-state index contributed by atoms with van der Waals surface area (Å²) in [6.45, 7) is 2.73. The van der Waals surface area contributed by atoms with Gasteiger partial charge >= 0.3 is 6.18 Å². The van der Waals surface area contributed by atoms with Crippen LogP contribution in [0.4, 0.5) is 13.2 Å². The Morgan fingerprint density at radius 2 is 2.07 bits per heavy atom. The highest BCUT2D eigenvalue weighted by molar-refractivity contribution is 5.08. The average molecular weight is 207 g/mol. The number of nitrogens with zero attached hydrogens (tertiary/aromatic N) is 2. The molecule has 3 nitrogen and oxygen atoms in total. The number of halogens is 3. The first-order valence-electron chi connectivity index (χ1n) is 4.15. The first-order chi connectivity index (χ1) is 6.36. The molecule has 1 aromatic heterocycles. The Morgan fingerprint density at radius 3 is 2.36 bits per heavy atom. The summed E-state index contributed by atoms with van der Waals surface area (Å²) in [7, 11) is 0. The predicted molar refractivity (Wildman–Crippen MR) is 45.8 cm³/mol. The molecule has 0 aliphatic carbocycles. The van der Waals surface area contributed by atoms with E-state index in [0.717, 1.165) is 4.68 Å². The molecule has 1 heterocycles. The van der Waals surface area contributed by atoms with Gasteiger partial charge in [-0.15, -0.1) is 0 Å². The Bertz CT molecular complexity index is 316. The molecule has 0 aromatic carbocycles. The predicted octanol–water partition coefficient (Wildman–Crippen LogP) is 1.56. The van der Waals surface area contributed by atoms with Crippen LogP contribution < -0.4 is 5.73 Å². The van der Waals surface area contributed by atoms with Crippen molar-refractivity contribution >= 4 is 0 Å². The standard InChI is InChI=1S/C8H12F3N3/c1-5-3-6(2)14(13-5)7(4-12)8(9,10)11/h3,7H,4,12H2,1-2H3. The second kappa shape index (κ2) is 3.61. The Balaban J connectivity index is 3.07. The molecular weight excluding hydrogens is 195 g/mol. The Labute approximate surface area is 79.7 Å². The van der Waals surface area contributed by atoms with Gasteiger partial charge in [-0.25, -0.2) is 0 Å². The number of hydrogen-bond donors (Lipinski definition) is 1. The SMILES string of the molecule is Cc1cc(C)n(C(CN)C(F)(F)F)n1. The minimum Gasteiger partial charge on any atom is -0.328 e. The highest BCUT2D eigenvalue weighted by Gasteiger charge is 2.41. The Morgan fingerprint density at radius 1 is 1.50 bits per heavy atom. The van der Waals surface area contributed by atoms with Crippen molar-refractivity contribution in [1.29, 1.82) is 0 Å². The van der Waals surface area contributed by atoms with Crippen molar-refractivity contribution in [3.63, 3.8) is 0 Å². The van der Waals surface area contributed by atoms with Crippen LogP contribution in [0.1, 0.15) is 17.4 Å². The molecule has 2 N–H and O–H groups in total. The molecule has 0 bridgehead atoms. The van der Waals surface area contributed by atoms with E-state index in [1.807, 2.05) is 0 Å². The molecule has 1 atom stereocenters. The Hall–Kier alpha value is -1.04. The molecule has 0 spiro atoms. The minimum absolute atomic E-state index is 0.468. The van der Waals surface area contributed by atoms with Crippen molar-refractivity contribution in [2.75, 3.05) is 6.54 Å². The highest BCUT2D eigenvalue weighted by atomic mass is 19.4. The van der Waals surface area contributed by atoms with Crippen molar-refractivity contribution in [3.05, 3.63) is 17.5 Å². The highest BCUT2D eigenvalue weighted by Crippen LogP contribution is 2.30. The average Bonchev–Trinajstić information content (AvgIpc) is 2.29. The van der Waals surface area contributed by atoms with Gasteiger partial charge in [-0.2, -0.15) is 18.3 Å². The zero-order chi connectivity index (χ0) is 10.9. The molecule has 6 heteroatoms. The van der Waals surface area contributed by atoms with Crippen molar-refractivity contribution in [3.8, 4) is 0 Å². The Kier molecular flexibility index (Phi) is 2.84. The number of rotatable bonds is 2. The van der Waals surface area contributed by atoms with E-state index in [4.69, 9.17) is 5.73 Å². The lowest BCUT2D eigenvalue weighted by molar-refractivity contribution is -0.167. The summed E-state index contributed by atoms with van der Waals surface area (Å²) in [5.74, 6) is 0. The second-order valence-corrected chi connectivity index (χ2v) is 3.16. The number of nitrogens with two attached hydrogens (primary N) is 1. The van der Waals surface area contributed by atoms with E-state index < -0.39 is 18.8 Å². The van der Waals surface area contributed by atoms with Gasteiger partial charge in [0, 0.05) is 12.2 Å². The van der Waals surface area contributed by atoms with Crippen molar-refractivity contribution in [2.45, 2.75) is 26.1 Å². The molecule has 1 unspecified atom stereocenters. The van der Waals surface area contributed by atoms with Crippen LogP contribution in [-0.4, -0.2) is 22.5 Å². The molecule has 80 valence electrons. The van der Waals surface area contributed by atoms with Crippen LogP contribution in [-0.2, 0) is 0 Å². The lowest BCUT2D eigenvalue weighted by Gasteiger charge is -2.20. The smallest absolute Gasteiger partial charge is 0.328 e. The monoisotopic (exact) mass is 207 g/mol. The van der Waals surface area contributed by atoms with E-state index in [-0.39, 0.29) is 0 Å². The number of aryl methyl sites for hydroxylation is 2. The van der Waals surface area contributed by atoms with Crippen molar-refractivity contribution in [1.82, 2.24) is 9.78 Å². The van der Waals surface area contributed by atoms with Crippen LogP contribution in [0.3, 0.4) is 0 Å². The van der Waals surface area contributed by atoms with E-state index in [9.17, 15) is 13.2 Å². The van der Waals surface area contributed by atoms with Crippen LogP contribution in [0.15, 0.2) is 6.07 Å². The molecule has 0 fully saturated rings. The van der Waals surface area contributed by atoms with Crippen LogP contribution in [0, 0.1) is 13.8 Å². The van der Waals surface area contributed by atoms with Gasteiger partial charge in [0.1, 0.15) is 0 Å². The fourth-order valence-electron chi connectivity index (χ4n) is 1.33. The molecule has 1 rings (SSSR count). The van der Waals surface area contributed by atoms with E-state index in [2.05, 4.69) is 5.10 Å². The van der Waals surface area contributed by atoms with Gasteiger partial charge in [0.25, 0.3) is 0 Å². The van der Waals surface area contributed by atoms with Crippen LogP contribution in [0.25, 0.3) is 0 Å². The van der Waals surface area contributed by atoms with Gasteiger partial charge < -0.3 is 5.73 Å². The lowest BCUT2D eigenvalue weighted by Crippen LogP contribution is -2.34. The molecule has 0 saturated heterocycles. The van der Waals surface area contributed by atoms with E-state index in [1.165, 1.54) is 0 Å². The van der Waals surface area contributed by atoms with Gasteiger partial charge in [-0.3, -0.25) is 4.68 Å². The van der Waals surface area contributed by atoms with Crippen LogP contribution in [0.2, 0.25) is 0 Å². The first-order valence-corrected chi connectivity index (χ1v) is 4.15. The summed E-state index contributed by atoms with van der Waals surface area (Å²) < 4.78 is 38.3. The zero-order valence-corrected chi connectivity index (χ0v) is 7.97. The summed E-state index contributed by atoms with van der Waals surface area (Å²) in [5.41, 5.74) is 6.12. The summed E-state index contributed by atoms with van der Waals surface area (Å²) >= 11 is 0. The third-order valence-electron chi connectivity index (χ3n) is 1.94. The topological polar surface area (TPSA) is 43.8 Å². The van der Waals surface area contributed by atoms with Crippen LogP contribution in [0.5, 0.6) is 0 Å². The second-order valence-electron chi connectivity index (χ2n) is 3.16. The maximum atomic E-state index is 12.5. The van der Waals surface area contributed by atoms with Crippen molar-refractivity contribution < 1.29 is 13.2 Å². The van der Waals surface area contributed by atoms with Gasteiger partial charge in [0.15, 0.2) is 6.04 Å². The molecule has 14 heavy (non-hydrogen) atoms. The van der Waals surface area contributed by atoms with Gasteiger partial charge in [-0.1, -0.05) is 0 Å². The fourth-order valence-corrected chi connectivity index (χ4v) is 1.33. The number of alkyl halides is 3. The molecule has 1 aromatic rings. The van der Waals surface area contributed by atoms with E-state index in [0.29, 0.717) is 11.4 Å². The summed E-state index contributed by atoms with van der Waals surface area (Å²) in [5, 5.41) is 3.76. The molecule has 0 amide bonds. The van der Waals surface area contributed by atoms with Gasteiger partial charge in [0.05, 0.1) is 5.69 Å². The maximum absolute atomic E-state index is 12.5. The molecule has 0 aliphatic heterocycles. The van der Waals surface area contributed by atoms with E-state index in [1.54, 1.807) is 19.9 Å². The lowest BCUT2D eigenvalue weighted by atomic mass is 10.3. The normalized spacial score (nSPS) is 14.4. The van der Waals surface area contributed by atoms with Gasteiger partial charge in [-0.05, 0) is 19.9 Å². The molecule has 0 saturated carbocycles. The van der Waals surface area contributed by atoms with Crippen molar-refractivity contribution in [2.24, 2.45) is 5.73 Å². The largest absolute Gasteiger partial charge is 0.412 e. The fraction of sp³-hybridized carbons (Fsp3) is 0.625. The molecule has 0 aliphatic rings. The molecule has 0 radical (unpaired) electrons. The van der Waals surface area contributed by atoms with Gasteiger partial charge in [0.2, 0.25) is 0 Å². The summed E-state index contributed by atoms with van der Waals surface area (Å²) in [4.78, 5) is 0. The zero-order valence-electron chi connectivity index (χ0n) is 7.97. The minimum atomic E-state index is -4.35. The third kappa shape index (κ3) is 2.06. The first kappa shape index (κ1) is 11.0. The van der Waals surface area contributed by atoms with E-state index >= 15 is 0 Å². The third-order valence-corrected chi connectivity index (χ3v) is 1.94. The number of aromatic nitrogens is 2. The summed E-state index contributed by atoms with van der Waals surface area (Å²) in [6.07, 6.45) is -4.35. The van der Waals surface area contributed by atoms with Crippen LogP contribution >= 0.6 is 0 Å².